The number of hydrogen-bond acceptors (Lipinski definition) is 5. The lowest BCUT2D eigenvalue weighted by atomic mass is 11.2. The lowest BCUT2D eigenvalue weighted by Crippen LogP contribution is -2.39. The molecule has 0 aromatic rings. The van der Waals surface area contributed by atoms with E-state index in [1.807, 2.05) is 0 Å². The molecule has 0 amide bonds. The smallest absolute Gasteiger partial charge is 0.120 e. The Morgan fingerprint density at radius 3 is 2.50 bits per heavy atom. The average molecular weight is 151 g/mol. The predicted molar refractivity (Wildman–Crippen MR) is 41.0 cm³/mol. The van der Waals surface area contributed by atoms with E-state index in [9.17, 15) is 0 Å². The Hall–Kier alpha value is 0.320. The van der Waals surface area contributed by atoms with Crippen LogP contribution in [0.2, 0.25) is 0 Å². The third-order valence-corrected chi connectivity index (χ3v) is 1.41. The van der Waals surface area contributed by atoms with Crippen LogP contribution in [0.4, 0.5) is 0 Å². The van der Waals surface area contributed by atoms with Gasteiger partial charge < -0.3 is 5.73 Å². The molecule has 0 aromatic carbocycles. The minimum absolute atomic E-state index is 0.306. The molecule has 0 aliphatic carbocycles. The van der Waals surface area contributed by atoms with E-state index in [-0.39, 0.29) is 5.50 Å². The fourth-order valence-electron chi connectivity index (χ4n) is 0.181. The summed E-state index contributed by atoms with van der Waals surface area (Å²) in [7, 11) is 0. The normalized spacial score (nSPS) is 13.4. The summed E-state index contributed by atoms with van der Waals surface area (Å²) in [5, 5.41) is 0. The summed E-state index contributed by atoms with van der Waals surface area (Å²) in [6.45, 7) is 3.49. The highest BCUT2D eigenvalue weighted by molar-refractivity contribution is 8.15. The summed E-state index contributed by atoms with van der Waals surface area (Å²) in [5.41, 5.74) is 7.31. The Kier molecular flexibility index (Phi) is 4.39. The monoisotopic (exact) mass is 151 g/mol. The Labute approximate surface area is 58.3 Å². The Balaban J connectivity index is 3.24. The van der Waals surface area contributed by atoms with Gasteiger partial charge in [0.25, 0.3) is 0 Å². The molecule has 5 heteroatoms. The first-order chi connectivity index (χ1) is 3.66. The van der Waals surface area contributed by atoms with E-state index in [0.717, 1.165) is 0 Å². The SMILES string of the molecule is C=C(S)SC(N)NN. The summed E-state index contributed by atoms with van der Waals surface area (Å²) < 4.78 is 0.649. The Morgan fingerprint density at radius 1 is 1.88 bits per heavy atom. The van der Waals surface area contributed by atoms with Gasteiger partial charge >= 0.3 is 0 Å². The van der Waals surface area contributed by atoms with Crippen LogP contribution in [0.5, 0.6) is 0 Å². The van der Waals surface area contributed by atoms with Crippen LogP contribution in [0.25, 0.3) is 0 Å². The third-order valence-electron chi connectivity index (χ3n) is 0.427. The maximum absolute atomic E-state index is 5.29. The molecule has 0 radical (unpaired) electrons. The first-order valence-electron chi connectivity index (χ1n) is 1.93. The third kappa shape index (κ3) is 4.48. The van der Waals surface area contributed by atoms with Gasteiger partial charge in [0, 0.05) is 4.24 Å². The number of rotatable bonds is 3. The van der Waals surface area contributed by atoms with Crippen LogP contribution in [0.15, 0.2) is 10.8 Å². The number of thioether (sulfide) groups is 1. The van der Waals surface area contributed by atoms with Gasteiger partial charge in [-0.2, -0.15) is 0 Å². The van der Waals surface area contributed by atoms with Crippen LogP contribution < -0.4 is 17.0 Å². The molecule has 0 aliphatic rings. The van der Waals surface area contributed by atoms with Crippen molar-refractivity contribution >= 4 is 24.4 Å². The maximum atomic E-state index is 5.29. The van der Waals surface area contributed by atoms with Gasteiger partial charge in [-0.15, -0.1) is 12.6 Å². The molecule has 1 unspecified atom stereocenters. The molecular formula is C3H9N3S2. The number of hydrazine groups is 1. The summed E-state index contributed by atoms with van der Waals surface area (Å²) in [4.78, 5) is 0. The molecule has 8 heavy (non-hydrogen) atoms. The zero-order chi connectivity index (χ0) is 6.57. The van der Waals surface area contributed by atoms with Crippen molar-refractivity contribution in [2.75, 3.05) is 0 Å². The molecule has 0 saturated carbocycles. The molecule has 0 aromatic heterocycles. The quantitative estimate of drug-likeness (QED) is 0.196. The van der Waals surface area contributed by atoms with E-state index in [0.29, 0.717) is 4.24 Å². The van der Waals surface area contributed by atoms with Gasteiger partial charge in [0.15, 0.2) is 0 Å². The van der Waals surface area contributed by atoms with Crippen molar-refractivity contribution in [3.63, 3.8) is 0 Å². The van der Waals surface area contributed by atoms with Crippen molar-refractivity contribution in [3.05, 3.63) is 10.8 Å². The highest BCUT2D eigenvalue weighted by Crippen LogP contribution is 2.16. The molecule has 5 N–H and O–H groups in total. The average Bonchev–Trinajstić information content (AvgIpc) is 1.65. The summed E-state index contributed by atoms with van der Waals surface area (Å²) >= 11 is 5.15. The topological polar surface area (TPSA) is 64.1 Å². The van der Waals surface area contributed by atoms with Gasteiger partial charge in [-0.3, -0.25) is 5.84 Å². The van der Waals surface area contributed by atoms with Crippen molar-refractivity contribution in [1.29, 1.82) is 0 Å². The summed E-state index contributed by atoms with van der Waals surface area (Å²) in [5.74, 6) is 4.95. The second kappa shape index (κ2) is 4.22. The minimum Gasteiger partial charge on any atom is -0.306 e. The van der Waals surface area contributed by atoms with Crippen molar-refractivity contribution in [2.24, 2.45) is 11.6 Å². The van der Waals surface area contributed by atoms with E-state index in [1.54, 1.807) is 0 Å². The predicted octanol–water partition coefficient (Wildman–Crippen LogP) is -0.174. The van der Waals surface area contributed by atoms with E-state index >= 15 is 0 Å². The zero-order valence-corrected chi connectivity index (χ0v) is 6.01. The molecule has 48 valence electrons. The molecule has 0 rings (SSSR count). The van der Waals surface area contributed by atoms with Crippen LogP contribution in [0, 0.1) is 0 Å². The van der Waals surface area contributed by atoms with Crippen molar-refractivity contribution in [1.82, 2.24) is 5.43 Å². The second-order valence-electron chi connectivity index (χ2n) is 1.10. The number of thiol groups is 1. The van der Waals surface area contributed by atoms with Crippen LogP contribution in [0.3, 0.4) is 0 Å². The van der Waals surface area contributed by atoms with Crippen molar-refractivity contribution < 1.29 is 0 Å². The van der Waals surface area contributed by atoms with Crippen LogP contribution in [-0.4, -0.2) is 5.50 Å². The molecule has 0 heterocycles. The van der Waals surface area contributed by atoms with E-state index in [1.165, 1.54) is 11.8 Å². The minimum atomic E-state index is -0.306. The van der Waals surface area contributed by atoms with Crippen LogP contribution in [0.1, 0.15) is 0 Å². The first kappa shape index (κ1) is 8.32. The lowest BCUT2D eigenvalue weighted by molar-refractivity contribution is 0.711. The summed E-state index contributed by atoms with van der Waals surface area (Å²) in [6.07, 6.45) is 0. The first-order valence-corrected chi connectivity index (χ1v) is 3.25. The standard InChI is InChI=1S/C3H9N3S2/c1-2(7)8-3(4)6-5/h3,6-7H,1,4-5H2. The molecule has 1 atom stereocenters. The molecule has 0 bridgehead atoms. The van der Waals surface area contributed by atoms with Gasteiger partial charge in [-0.25, -0.2) is 5.43 Å². The molecule has 0 saturated heterocycles. The summed E-state index contributed by atoms with van der Waals surface area (Å²) in [6, 6.07) is 0. The highest BCUT2D eigenvalue weighted by Gasteiger charge is 1.96. The molecule has 0 fully saturated rings. The van der Waals surface area contributed by atoms with Crippen LogP contribution in [-0.2, 0) is 0 Å². The Bertz CT molecular complexity index is 84.6. The molecular weight excluding hydrogens is 142 g/mol. The number of nitrogens with one attached hydrogen (secondary N) is 1. The van der Waals surface area contributed by atoms with Crippen molar-refractivity contribution in [3.8, 4) is 0 Å². The second-order valence-corrected chi connectivity index (χ2v) is 3.18. The van der Waals surface area contributed by atoms with E-state index in [4.69, 9.17) is 11.6 Å². The number of hydrogen-bond donors (Lipinski definition) is 4. The van der Waals surface area contributed by atoms with Gasteiger partial charge in [0.05, 0.1) is 0 Å². The lowest BCUT2D eigenvalue weighted by Gasteiger charge is -2.06. The fraction of sp³-hybridized carbons (Fsp3) is 0.333. The van der Waals surface area contributed by atoms with Crippen molar-refractivity contribution in [2.45, 2.75) is 5.50 Å². The Morgan fingerprint density at radius 2 is 2.38 bits per heavy atom. The molecule has 0 spiro atoms. The largest absolute Gasteiger partial charge is 0.306 e. The molecule has 3 nitrogen and oxygen atoms in total. The van der Waals surface area contributed by atoms with Gasteiger partial charge in [0.2, 0.25) is 0 Å². The number of nitrogens with two attached hydrogens (primary N) is 2. The highest BCUT2D eigenvalue weighted by atomic mass is 32.2. The maximum Gasteiger partial charge on any atom is 0.120 e. The van der Waals surface area contributed by atoms with E-state index < -0.39 is 0 Å². The zero-order valence-electron chi connectivity index (χ0n) is 4.29. The van der Waals surface area contributed by atoms with Crippen LogP contribution >= 0.6 is 24.4 Å². The van der Waals surface area contributed by atoms with Gasteiger partial charge in [-0.05, 0) is 0 Å². The van der Waals surface area contributed by atoms with Gasteiger partial charge in [-0.1, -0.05) is 18.3 Å². The van der Waals surface area contributed by atoms with E-state index in [2.05, 4.69) is 24.6 Å². The van der Waals surface area contributed by atoms with Gasteiger partial charge in [0.1, 0.15) is 5.50 Å². The molecule has 0 aliphatic heterocycles. The fourth-order valence-corrected chi connectivity index (χ4v) is 0.882.